The molecule has 3 aromatic rings. The molecule has 3 rings (SSSR count). The van der Waals surface area contributed by atoms with E-state index in [1.165, 1.54) is 0 Å². The van der Waals surface area contributed by atoms with Crippen LogP contribution in [-0.2, 0) is 0 Å². The Morgan fingerprint density at radius 3 is 2.68 bits per heavy atom. The Kier molecular flexibility index (Phi) is 4.67. The molecule has 0 spiro atoms. The highest BCUT2D eigenvalue weighted by Crippen LogP contribution is 2.25. The fraction of sp³-hybridized carbons (Fsp3) is 0.176. The summed E-state index contributed by atoms with van der Waals surface area (Å²) in [4.78, 5) is 21.0. The van der Waals surface area contributed by atoms with Gasteiger partial charge in [0.1, 0.15) is 11.5 Å². The number of nitrogens with zero attached hydrogens (tertiary/aromatic N) is 3. The van der Waals surface area contributed by atoms with E-state index in [4.69, 9.17) is 16.1 Å². The summed E-state index contributed by atoms with van der Waals surface area (Å²) >= 11 is 6.12. The molecule has 2 aromatic heterocycles. The van der Waals surface area contributed by atoms with E-state index in [-0.39, 0.29) is 5.69 Å². The molecule has 0 bridgehead atoms. The summed E-state index contributed by atoms with van der Waals surface area (Å²) in [6, 6.07) is 8.72. The first-order chi connectivity index (χ1) is 11.9. The van der Waals surface area contributed by atoms with Gasteiger partial charge in [-0.25, -0.2) is 9.97 Å². The fourth-order valence-corrected chi connectivity index (χ4v) is 2.38. The highest BCUT2D eigenvalue weighted by atomic mass is 35.5. The number of rotatable bonds is 4. The molecule has 2 N–H and O–H groups in total. The molecule has 0 fully saturated rings. The number of aryl methyl sites for hydroxylation is 2. The SMILES string of the molecule is Cc1cc(C(=O)Nc2cc(C)on2)nc(Nc2cccc(Cl)c2C)n1. The first kappa shape index (κ1) is 16.9. The number of hydrogen-bond donors (Lipinski definition) is 2. The van der Waals surface area contributed by atoms with E-state index in [0.717, 1.165) is 11.3 Å². The Bertz CT molecular complexity index is 939. The zero-order valence-corrected chi connectivity index (χ0v) is 14.7. The molecule has 25 heavy (non-hydrogen) atoms. The molecular weight excluding hydrogens is 342 g/mol. The van der Waals surface area contributed by atoms with Crippen LogP contribution < -0.4 is 10.6 Å². The number of anilines is 3. The zero-order chi connectivity index (χ0) is 18.0. The molecule has 1 amide bonds. The molecule has 0 unspecified atom stereocenters. The number of aromatic nitrogens is 3. The van der Waals surface area contributed by atoms with Crippen molar-refractivity contribution in [3.05, 3.63) is 58.1 Å². The van der Waals surface area contributed by atoms with Gasteiger partial charge in [0, 0.05) is 22.5 Å². The second-order valence-electron chi connectivity index (χ2n) is 5.53. The van der Waals surface area contributed by atoms with Gasteiger partial charge in [-0.2, -0.15) is 0 Å². The van der Waals surface area contributed by atoms with Crippen LogP contribution in [0, 0.1) is 20.8 Å². The van der Waals surface area contributed by atoms with Crippen LogP contribution in [0.3, 0.4) is 0 Å². The number of benzene rings is 1. The number of carbonyl (C=O) groups excluding carboxylic acids is 1. The van der Waals surface area contributed by atoms with Gasteiger partial charge in [-0.1, -0.05) is 22.8 Å². The average Bonchev–Trinajstić information content (AvgIpc) is 2.96. The Morgan fingerprint density at radius 2 is 1.96 bits per heavy atom. The topological polar surface area (TPSA) is 92.9 Å². The van der Waals surface area contributed by atoms with Gasteiger partial charge in [-0.05, 0) is 44.5 Å². The molecule has 0 atom stereocenters. The van der Waals surface area contributed by atoms with E-state index >= 15 is 0 Å². The van der Waals surface area contributed by atoms with Crippen LogP contribution in [0.2, 0.25) is 5.02 Å². The van der Waals surface area contributed by atoms with Crippen molar-refractivity contribution in [3.63, 3.8) is 0 Å². The van der Waals surface area contributed by atoms with Crippen molar-refractivity contribution in [2.24, 2.45) is 0 Å². The van der Waals surface area contributed by atoms with E-state index < -0.39 is 5.91 Å². The predicted octanol–water partition coefficient (Wildman–Crippen LogP) is 4.04. The first-order valence-corrected chi connectivity index (χ1v) is 7.92. The lowest BCUT2D eigenvalue weighted by molar-refractivity contribution is 0.102. The molecular formula is C17H16ClN5O2. The van der Waals surface area contributed by atoms with E-state index in [9.17, 15) is 4.79 Å². The molecule has 128 valence electrons. The van der Waals surface area contributed by atoms with Gasteiger partial charge in [0.2, 0.25) is 5.95 Å². The summed E-state index contributed by atoms with van der Waals surface area (Å²) in [5.41, 5.74) is 2.52. The van der Waals surface area contributed by atoms with Crippen molar-refractivity contribution in [2.45, 2.75) is 20.8 Å². The zero-order valence-electron chi connectivity index (χ0n) is 13.9. The molecule has 2 heterocycles. The molecule has 0 saturated heterocycles. The smallest absolute Gasteiger partial charge is 0.275 e. The minimum Gasteiger partial charge on any atom is -0.360 e. The Balaban J connectivity index is 1.85. The lowest BCUT2D eigenvalue weighted by Crippen LogP contribution is -2.15. The quantitative estimate of drug-likeness (QED) is 0.732. The number of amides is 1. The number of nitrogens with one attached hydrogen (secondary N) is 2. The summed E-state index contributed by atoms with van der Waals surface area (Å²) in [5.74, 6) is 0.850. The Hall–Kier alpha value is -2.93. The normalized spacial score (nSPS) is 10.6. The van der Waals surface area contributed by atoms with Crippen LogP contribution in [0.4, 0.5) is 17.5 Å². The summed E-state index contributed by atoms with van der Waals surface area (Å²) in [7, 11) is 0. The third-order valence-electron chi connectivity index (χ3n) is 3.47. The van der Waals surface area contributed by atoms with E-state index in [0.29, 0.717) is 28.2 Å². The summed E-state index contributed by atoms with van der Waals surface area (Å²) in [5, 5.41) is 10.1. The Labute approximate surface area is 149 Å². The number of carbonyl (C=O) groups is 1. The van der Waals surface area contributed by atoms with Gasteiger partial charge in [0.25, 0.3) is 5.91 Å². The lowest BCUT2D eigenvalue weighted by Gasteiger charge is -2.11. The monoisotopic (exact) mass is 357 g/mol. The minimum absolute atomic E-state index is 0.218. The van der Waals surface area contributed by atoms with Crippen LogP contribution in [-0.4, -0.2) is 21.0 Å². The van der Waals surface area contributed by atoms with Crippen molar-refractivity contribution in [2.75, 3.05) is 10.6 Å². The summed E-state index contributed by atoms with van der Waals surface area (Å²) in [6.45, 7) is 5.42. The largest absolute Gasteiger partial charge is 0.360 e. The fourth-order valence-electron chi connectivity index (χ4n) is 2.21. The first-order valence-electron chi connectivity index (χ1n) is 7.55. The van der Waals surface area contributed by atoms with Crippen molar-refractivity contribution >= 4 is 35.0 Å². The number of halogens is 1. The van der Waals surface area contributed by atoms with Gasteiger partial charge < -0.3 is 15.2 Å². The van der Waals surface area contributed by atoms with Gasteiger partial charge >= 0.3 is 0 Å². The second-order valence-corrected chi connectivity index (χ2v) is 5.94. The third-order valence-corrected chi connectivity index (χ3v) is 3.88. The van der Waals surface area contributed by atoms with E-state index in [1.54, 1.807) is 32.0 Å². The van der Waals surface area contributed by atoms with E-state index in [1.807, 2.05) is 19.1 Å². The van der Waals surface area contributed by atoms with Crippen LogP contribution in [0.25, 0.3) is 0 Å². The van der Waals surface area contributed by atoms with Crippen molar-refractivity contribution in [1.82, 2.24) is 15.1 Å². The van der Waals surface area contributed by atoms with E-state index in [2.05, 4.69) is 25.8 Å². The molecule has 0 saturated carbocycles. The lowest BCUT2D eigenvalue weighted by atomic mass is 10.2. The van der Waals surface area contributed by atoms with Crippen LogP contribution in [0.15, 0.2) is 34.9 Å². The van der Waals surface area contributed by atoms with Gasteiger partial charge in [-0.15, -0.1) is 0 Å². The maximum Gasteiger partial charge on any atom is 0.275 e. The van der Waals surface area contributed by atoms with Crippen LogP contribution in [0.1, 0.15) is 27.5 Å². The summed E-state index contributed by atoms with van der Waals surface area (Å²) < 4.78 is 4.93. The van der Waals surface area contributed by atoms with Gasteiger partial charge in [-0.3, -0.25) is 4.79 Å². The van der Waals surface area contributed by atoms with Crippen molar-refractivity contribution in [3.8, 4) is 0 Å². The Morgan fingerprint density at radius 1 is 1.16 bits per heavy atom. The van der Waals surface area contributed by atoms with Gasteiger partial charge in [0.05, 0.1) is 0 Å². The molecule has 0 aliphatic carbocycles. The third kappa shape index (κ3) is 3.95. The van der Waals surface area contributed by atoms with Crippen LogP contribution in [0.5, 0.6) is 0 Å². The average molecular weight is 358 g/mol. The molecule has 1 aromatic carbocycles. The standard InChI is InChI=1S/C17H16ClN5O2/c1-9-7-14(16(24)22-15-8-10(2)25-23-15)21-17(19-9)20-13-6-4-5-12(18)11(13)3/h4-8H,1-3H3,(H,19,20,21)(H,22,23,24). The second kappa shape index (κ2) is 6.90. The van der Waals surface area contributed by atoms with Crippen molar-refractivity contribution < 1.29 is 9.32 Å². The molecule has 7 nitrogen and oxygen atoms in total. The highest BCUT2D eigenvalue weighted by Gasteiger charge is 2.13. The van der Waals surface area contributed by atoms with Gasteiger partial charge in [0.15, 0.2) is 5.82 Å². The molecule has 0 radical (unpaired) electrons. The molecule has 0 aliphatic heterocycles. The maximum absolute atomic E-state index is 12.4. The molecule has 0 aliphatic rings. The number of hydrogen-bond acceptors (Lipinski definition) is 6. The highest BCUT2D eigenvalue weighted by molar-refractivity contribution is 6.31. The minimum atomic E-state index is -0.398. The van der Waals surface area contributed by atoms with Crippen molar-refractivity contribution in [1.29, 1.82) is 0 Å². The maximum atomic E-state index is 12.4. The molecule has 8 heteroatoms. The summed E-state index contributed by atoms with van der Waals surface area (Å²) in [6.07, 6.45) is 0. The van der Waals surface area contributed by atoms with Crippen LogP contribution >= 0.6 is 11.6 Å². The predicted molar refractivity (Wildman–Crippen MR) is 95.4 cm³/mol.